The largest absolute Gasteiger partial charge is 0.278 e. The zero-order valence-corrected chi connectivity index (χ0v) is 9.01. The normalized spacial score (nSPS) is 11.1. The number of hydrogen-bond donors (Lipinski definition) is 1. The zero-order chi connectivity index (χ0) is 11.0. The van der Waals surface area contributed by atoms with Crippen molar-refractivity contribution < 1.29 is 0 Å². The fourth-order valence-electron chi connectivity index (χ4n) is 1.72. The molecule has 0 aliphatic carbocycles. The third kappa shape index (κ3) is 1.39. The predicted molar refractivity (Wildman–Crippen MR) is 62.2 cm³/mol. The number of imidazole rings is 1. The highest BCUT2D eigenvalue weighted by Crippen LogP contribution is 2.17. The third-order valence-electron chi connectivity index (χ3n) is 2.58. The van der Waals surface area contributed by atoms with Crippen LogP contribution >= 0.6 is 0 Å². The van der Waals surface area contributed by atoms with Crippen LogP contribution in [0.4, 0.5) is 0 Å². The van der Waals surface area contributed by atoms with Crippen LogP contribution < -0.4 is 0 Å². The highest BCUT2D eigenvalue weighted by molar-refractivity contribution is 5.60. The second-order valence-corrected chi connectivity index (χ2v) is 3.69. The minimum atomic E-state index is 0.732. The number of benzene rings is 1. The van der Waals surface area contributed by atoms with Crippen molar-refractivity contribution in [1.82, 2.24) is 19.6 Å². The first-order valence-electron chi connectivity index (χ1n) is 5.36. The molecule has 0 aliphatic heterocycles. The van der Waals surface area contributed by atoms with Gasteiger partial charge in [-0.25, -0.2) is 9.50 Å². The maximum Gasteiger partial charge on any atom is 0.251 e. The van der Waals surface area contributed by atoms with Gasteiger partial charge in [-0.05, 0) is 0 Å². The molecule has 0 spiro atoms. The molecule has 1 N–H and O–H groups in total. The van der Waals surface area contributed by atoms with Crippen molar-refractivity contribution in [3.05, 3.63) is 42.4 Å². The molecule has 0 bridgehead atoms. The molecule has 0 saturated carbocycles. The Labute approximate surface area is 93.0 Å². The van der Waals surface area contributed by atoms with Gasteiger partial charge in [-0.2, -0.15) is 4.98 Å². The molecule has 0 radical (unpaired) electrons. The molecular formula is C12H12N4. The third-order valence-corrected chi connectivity index (χ3v) is 2.58. The van der Waals surface area contributed by atoms with Crippen LogP contribution in [-0.2, 0) is 6.42 Å². The van der Waals surface area contributed by atoms with Crippen LogP contribution in [0.5, 0.6) is 0 Å². The summed E-state index contributed by atoms with van der Waals surface area (Å²) in [6.07, 6.45) is 2.86. The molecule has 16 heavy (non-hydrogen) atoms. The summed E-state index contributed by atoms with van der Waals surface area (Å²) in [4.78, 5) is 8.85. The van der Waals surface area contributed by atoms with Crippen molar-refractivity contribution in [3.8, 4) is 11.3 Å². The summed E-state index contributed by atoms with van der Waals surface area (Å²) in [5.74, 6) is 1.69. The molecule has 4 nitrogen and oxygen atoms in total. The fraction of sp³-hybridized carbons (Fsp3) is 0.167. The predicted octanol–water partition coefficient (Wildman–Crippen LogP) is 2.29. The number of fused-ring (bicyclic) bond motifs is 1. The number of H-pyrrole nitrogens is 1. The van der Waals surface area contributed by atoms with E-state index in [-0.39, 0.29) is 0 Å². The fourth-order valence-corrected chi connectivity index (χ4v) is 1.72. The van der Waals surface area contributed by atoms with Crippen LogP contribution in [0.3, 0.4) is 0 Å². The summed E-state index contributed by atoms with van der Waals surface area (Å²) in [7, 11) is 0. The summed E-state index contributed by atoms with van der Waals surface area (Å²) in [6.45, 7) is 2.07. The smallest absolute Gasteiger partial charge is 0.251 e. The highest BCUT2D eigenvalue weighted by Gasteiger charge is 2.07. The van der Waals surface area contributed by atoms with Crippen LogP contribution in [0.2, 0.25) is 0 Å². The minimum Gasteiger partial charge on any atom is -0.278 e. The van der Waals surface area contributed by atoms with E-state index in [1.54, 1.807) is 0 Å². The summed E-state index contributed by atoms with van der Waals surface area (Å²) < 4.78 is 1.86. The van der Waals surface area contributed by atoms with Gasteiger partial charge in [-0.15, -0.1) is 0 Å². The van der Waals surface area contributed by atoms with E-state index in [0.717, 1.165) is 29.3 Å². The van der Waals surface area contributed by atoms with Crippen molar-refractivity contribution in [2.75, 3.05) is 0 Å². The maximum absolute atomic E-state index is 4.47. The quantitative estimate of drug-likeness (QED) is 0.708. The van der Waals surface area contributed by atoms with E-state index >= 15 is 0 Å². The Morgan fingerprint density at radius 2 is 2.00 bits per heavy atom. The molecule has 80 valence electrons. The molecule has 0 saturated heterocycles. The number of hydrogen-bond acceptors (Lipinski definition) is 2. The minimum absolute atomic E-state index is 0.732. The van der Waals surface area contributed by atoms with Gasteiger partial charge in [0.2, 0.25) is 0 Å². The van der Waals surface area contributed by atoms with Crippen molar-refractivity contribution in [2.24, 2.45) is 0 Å². The van der Waals surface area contributed by atoms with Gasteiger partial charge in [0.25, 0.3) is 5.78 Å². The number of rotatable bonds is 2. The molecule has 4 heteroatoms. The monoisotopic (exact) mass is 212 g/mol. The molecule has 0 atom stereocenters. The van der Waals surface area contributed by atoms with Crippen LogP contribution in [0.15, 0.2) is 36.5 Å². The lowest BCUT2D eigenvalue weighted by Crippen LogP contribution is -1.85. The topological polar surface area (TPSA) is 46.0 Å². The average Bonchev–Trinajstić information content (AvgIpc) is 2.87. The van der Waals surface area contributed by atoms with Crippen LogP contribution in [-0.4, -0.2) is 19.6 Å². The lowest BCUT2D eigenvalue weighted by Gasteiger charge is -1.93. The SMILES string of the molecule is CCc1nc2nc(-c3ccccc3)cn2[nH]1. The molecule has 0 unspecified atom stereocenters. The van der Waals surface area contributed by atoms with E-state index in [2.05, 4.69) is 22.0 Å². The van der Waals surface area contributed by atoms with Gasteiger partial charge in [0, 0.05) is 12.0 Å². The maximum atomic E-state index is 4.47. The van der Waals surface area contributed by atoms with Gasteiger partial charge < -0.3 is 0 Å². The lowest BCUT2D eigenvalue weighted by molar-refractivity contribution is 0.891. The first kappa shape index (κ1) is 9.15. The van der Waals surface area contributed by atoms with Crippen molar-refractivity contribution in [3.63, 3.8) is 0 Å². The number of aryl methyl sites for hydroxylation is 1. The summed E-state index contributed by atoms with van der Waals surface area (Å²) in [6, 6.07) is 10.1. The Bertz CT molecular complexity index is 575. The van der Waals surface area contributed by atoms with Gasteiger partial charge >= 0.3 is 0 Å². The Morgan fingerprint density at radius 3 is 2.69 bits per heavy atom. The first-order valence-corrected chi connectivity index (χ1v) is 5.36. The van der Waals surface area contributed by atoms with Gasteiger partial charge in [0.05, 0.1) is 11.9 Å². The van der Waals surface area contributed by atoms with Gasteiger partial charge in [0.15, 0.2) is 0 Å². The number of nitrogens with one attached hydrogen (secondary N) is 1. The molecule has 0 fully saturated rings. The average molecular weight is 212 g/mol. The Kier molecular flexibility index (Phi) is 1.99. The summed E-state index contributed by atoms with van der Waals surface area (Å²) in [5, 5.41) is 3.18. The summed E-state index contributed by atoms with van der Waals surface area (Å²) >= 11 is 0. The van der Waals surface area contributed by atoms with Gasteiger partial charge in [0.1, 0.15) is 5.82 Å². The van der Waals surface area contributed by atoms with Crippen LogP contribution in [0, 0.1) is 0 Å². The first-order chi connectivity index (χ1) is 7.86. The molecular weight excluding hydrogens is 200 g/mol. The Morgan fingerprint density at radius 1 is 1.19 bits per heavy atom. The van der Waals surface area contributed by atoms with Gasteiger partial charge in [-0.1, -0.05) is 37.3 Å². The van der Waals surface area contributed by atoms with Crippen LogP contribution in [0.1, 0.15) is 12.7 Å². The highest BCUT2D eigenvalue weighted by atomic mass is 15.3. The van der Waals surface area contributed by atoms with Crippen molar-refractivity contribution >= 4 is 5.78 Å². The van der Waals surface area contributed by atoms with Crippen molar-refractivity contribution in [1.29, 1.82) is 0 Å². The van der Waals surface area contributed by atoms with E-state index < -0.39 is 0 Å². The zero-order valence-electron chi connectivity index (χ0n) is 9.01. The van der Waals surface area contributed by atoms with E-state index in [1.807, 2.05) is 41.0 Å². The molecule has 1 aromatic carbocycles. The molecule has 3 aromatic rings. The molecule has 0 aliphatic rings. The second kappa shape index (κ2) is 3.48. The lowest BCUT2D eigenvalue weighted by atomic mass is 10.2. The second-order valence-electron chi connectivity index (χ2n) is 3.69. The molecule has 3 rings (SSSR count). The number of aromatic amines is 1. The van der Waals surface area contributed by atoms with E-state index in [4.69, 9.17) is 0 Å². The standard InChI is InChI=1S/C12H12N4/c1-2-11-14-12-13-10(8-16(12)15-11)9-6-4-3-5-7-9/h3-8H,2H2,1H3,(H,13,14,15). The molecule has 2 aromatic heterocycles. The van der Waals surface area contributed by atoms with E-state index in [0.29, 0.717) is 0 Å². The Balaban J connectivity index is 2.10. The molecule has 0 amide bonds. The van der Waals surface area contributed by atoms with E-state index in [9.17, 15) is 0 Å². The van der Waals surface area contributed by atoms with Crippen LogP contribution in [0.25, 0.3) is 17.0 Å². The van der Waals surface area contributed by atoms with E-state index in [1.165, 1.54) is 0 Å². The Hall–Kier alpha value is -2.10. The number of nitrogens with zero attached hydrogens (tertiary/aromatic N) is 3. The summed E-state index contributed by atoms with van der Waals surface area (Å²) in [5.41, 5.74) is 2.06. The number of aromatic nitrogens is 4. The van der Waals surface area contributed by atoms with Crippen molar-refractivity contribution in [2.45, 2.75) is 13.3 Å². The molecule has 2 heterocycles. The van der Waals surface area contributed by atoms with Gasteiger partial charge in [-0.3, -0.25) is 5.10 Å².